The van der Waals surface area contributed by atoms with Crippen LogP contribution in [0.15, 0.2) is 12.5 Å². The molecule has 1 aliphatic rings. The number of carbonyl (C=O) groups excluding carboxylic acids is 4. The number of carboxylic acid groups (broad SMARTS) is 1. The second kappa shape index (κ2) is 10.5. The van der Waals surface area contributed by atoms with Crippen LogP contribution in [0, 0.1) is 0 Å². The molecule has 2 rings (SSSR count). The highest BCUT2D eigenvalue weighted by Gasteiger charge is 2.37. The molecule has 1 aromatic rings. The molecule has 8 N–H and O–H groups in total. The first-order valence-electron chi connectivity index (χ1n) is 9.75. The van der Waals surface area contributed by atoms with E-state index in [1.54, 1.807) is 0 Å². The first-order chi connectivity index (χ1) is 14.6. The zero-order valence-corrected chi connectivity index (χ0v) is 17.0. The predicted octanol–water partition coefficient (Wildman–Crippen LogP) is -2.78. The number of carboxylic acids is 1. The Hall–Kier alpha value is -3.48. The van der Waals surface area contributed by atoms with Gasteiger partial charge in [-0.1, -0.05) is 0 Å². The lowest BCUT2D eigenvalue weighted by Gasteiger charge is -2.27. The summed E-state index contributed by atoms with van der Waals surface area (Å²) in [5.74, 6) is -4.03. The molecule has 0 spiro atoms. The van der Waals surface area contributed by atoms with Crippen LogP contribution in [0.1, 0.15) is 31.9 Å². The molecule has 1 fully saturated rings. The predicted molar refractivity (Wildman–Crippen MR) is 106 cm³/mol. The zero-order chi connectivity index (χ0) is 23.1. The summed E-state index contributed by atoms with van der Waals surface area (Å²) in [6, 6.07) is -4.39. The van der Waals surface area contributed by atoms with Gasteiger partial charge in [-0.25, -0.2) is 9.78 Å². The number of rotatable bonds is 10. The van der Waals surface area contributed by atoms with E-state index in [0.717, 1.165) is 0 Å². The van der Waals surface area contributed by atoms with Crippen molar-refractivity contribution in [2.45, 2.75) is 56.8 Å². The number of nitrogens with one attached hydrogen (secondary N) is 3. The minimum absolute atomic E-state index is 0.122. The summed E-state index contributed by atoms with van der Waals surface area (Å²) in [7, 11) is 0. The van der Waals surface area contributed by atoms with Crippen molar-refractivity contribution < 1.29 is 29.1 Å². The van der Waals surface area contributed by atoms with Crippen LogP contribution < -0.4 is 22.1 Å². The van der Waals surface area contributed by atoms with Crippen molar-refractivity contribution in [1.82, 2.24) is 25.5 Å². The molecule has 0 aliphatic carbocycles. The minimum atomic E-state index is -1.35. The van der Waals surface area contributed by atoms with E-state index in [1.807, 2.05) is 0 Å². The van der Waals surface area contributed by atoms with Crippen LogP contribution in [0.3, 0.4) is 0 Å². The lowest BCUT2D eigenvalue weighted by atomic mass is 10.1. The highest BCUT2D eigenvalue weighted by molar-refractivity contribution is 5.96. The summed E-state index contributed by atoms with van der Waals surface area (Å²) in [6.07, 6.45) is 3.41. The zero-order valence-electron chi connectivity index (χ0n) is 17.0. The Kier molecular flexibility index (Phi) is 8.07. The highest BCUT2D eigenvalue weighted by Crippen LogP contribution is 2.18. The van der Waals surface area contributed by atoms with Crippen molar-refractivity contribution in [3.8, 4) is 0 Å². The summed E-state index contributed by atoms with van der Waals surface area (Å²) in [6.45, 7) is 1.66. The molecule has 4 atom stereocenters. The Morgan fingerprint density at radius 3 is 2.58 bits per heavy atom. The van der Waals surface area contributed by atoms with E-state index in [-0.39, 0.29) is 13.0 Å². The van der Waals surface area contributed by atoms with Gasteiger partial charge in [0.25, 0.3) is 0 Å². The lowest BCUT2D eigenvalue weighted by molar-refractivity contribution is -0.149. The van der Waals surface area contributed by atoms with Crippen molar-refractivity contribution in [3.05, 3.63) is 18.2 Å². The molecule has 170 valence electrons. The van der Waals surface area contributed by atoms with E-state index >= 15 is 0 Å². The van der Waals surface area contributed by atoms with Crippen molar-refractivity contribution in [3.63, 3.8) is 0 Å². The molecular formula is C18H27N7O6. The summed E-state index contributed by atoms with van der Waals surface area (Å²) >= 11 is 0. The number of imidazole rings is 1. The number of nitrogens with two attached hydrogens (primary N) is 2. The fourth-order valence-corrected chi connectivity index (χ4v) is 3.33. The summed E-state index contributed by atoms with van der Waals surface area (Å²) < 4.78 is 0. The number of hydrogen-bond acceptors (Lipinski definition) is 7. The summed E-state index contributed by atoms with van der Waals surface area (Å²) in [4.78, 5) is 68.1. The number of aromatic amines is 1. The van der Waals surface area contributed by atoms with Gasteiger partial charge in [-0.15, -0.1) is 0 Å². The summed E-state index contributed by atoms with van der Waals surface area (Å²) in [5.41, 5.74) is 11.6. The molecule has 31 heavy (non-hydrogen) atoms. The highest BCUT2D eigenvalue weighted by atomic mass is 16.4. The van der Waals surface area contributed by atoms with E-state index in [0.29, 0.717) is 18.5 Å². The molecular weight excluding hydrogens is 410 g/mol. The molecule has 13 heteroatoms. The van der Waals surface area contributed by atoms with Crippen molar-refractivity contribution >= 4 is 29.6 Å². The maximum atomic E-state index is 12.6. The molecule has 0 bridgehead atoms. The number of carbonyl (C=O) groups is 5. The van der Waals surface area contributed by atoms with Gasteiger partial charge in [-0.05, 0) is 19.8 Å². The van der Waals surface area contributed by atoms with Crippen LogP contribution in [-0.4, -0.2) is 80.3 Å². The Balaban J connectivity index is 1.99. The average molecular weight is 437 g/mol. The molecule has 0 radical (unpaired) electrons. The van der Waals surface area contributed by atoms with Crippen molar-refractivity contribution in [1.29, 1.82) is 0 Å². The van der Waals surface area contributed by atoms with E-state index in [4.69, 9.17) is 11.5 Å². The van der Waals surface area contributed by atoms with Crippen LogP contribution in [0.25, 0.3) is 0 Å². The van der Waals surface area contributed by atoms with E-state index in [9.17, 15) is 29.1 Å². The number of aromatic nitrogens is 2. The average Bonchev–Trinajstić information content (AvgIpc) is 3.38. The number of hydrogen-bond donors (Lipinski definition) is 6. The topological polar surface area (TPSA) is 214 Å². The first-order valence-corrected chi connectivity index (χ1v) is 9.75. The Bertz CT molecular complexity index is 827. The quantitative estimate of drug-likeness (QED) is 0.225. The molecule has 0 aromatic carbocycles. The monoisotopic (exact) mass is 437 g/mol. The largest absolute Gasteiger partial charge is 0.480 e. The Morgan fingerprint density at radius 1 is 1.29 bits per heavy atom. The van der Waals surface area contributed by atoms with Gasteiger partial charge in [-0.3, -0.25) is 19.2 Å². The summed E-state index contributed by atoms with van der Waals surface area (Å²) in [5, 5.41) is 14.0. The maximum absolute atomic E-state index is 12.6. The third kappa shape index (κ3) is 6.50. The van der Waals surface area contributed by atoms with Crippen LogP contribution in [-0.2, 0) is 30.4 Å². The Labute approximate surface area is 177 Å². The standard InChI is InChI=1S/C18H27N7O6/c1-9(17(29)25-4-2-3-13(25)18(30)31)23-16(28)12(6-14(20)26)24-15(27)11(19)5-10-7-21-8-22-10/h7-9,11-13H,2-6,19H2,1H3,(H2,20,26)(H,21,22)(H,23,28)(H,24,27)(H,30,31). The van der Waals surface area contributed by atoms with Gasteiger partial charge in [0.2, 0.25) is 23.6 Å². The number of nitrogens with zero attached hydrogens (tertiary/aromatic N) is 2. The third-order valence-electron chi connectivity index (χ3n) is 4.92. The number of amides is 4. The van der Waals surface area contributed by atoms with Crippen molar-refractivity contribution in [2.24, 2.45) is 11.5 Å². The molecule has 1 saturated heterocycles. The van der Waals surface area contributed by atoms with Gasteiger partial charge < -0.3 is 37.1 Å². The number of aliphatic carboxylic acids is 1. The molecule has 4 amide bonds. The van der Waals surface area contributed by atoms with E-state index < -0.39 is 60.2 Å². The minimum Gasteiger partial charge on any atom is -0.480 e. The smallest absolute Gasteiger partial charge is 0.326 e. The molecule has 4 unspecified atom stereocenters. The van der Waals surface area contributed by atoms with Gasteiger partial charge in [0, 0.05) is 24.9 Å². The van der Waals surface area contributed by atoms with Gasteiger partial charge in [-0.2, -0.15) is 0 Å². The van der Waals surface area contributed by atoms with Gasteiger partial charge in [0.05, 0.1) is 18.8 Å². The third-order valence-corrected chi connectivity index (χ3v) is 4.92. The fourth-order valence-electron chi connectivity index (χ4n) is 3.33. The lowest BCUT2D eigenvalue weighted by Crippen LogP contribution is -2.57. The molecule has 0 saturated carbocycles. The SMILES string of the molecule is CC(NC(=O)C(CC(N)=O)NC(=O)C(N)Cc1cnc[nH]1)C(=O)N1CCCC1C(=O)O. The number of likely N-dealkylation sites (tertiary alicyclic amines) is 1. The van der Waals surface area contributed by atoms with E-state index in [1.165, 1.54) is 24.3 Å². The van der Waals surface area contributed by atoms with E-state index in [2.05, 4.69) is 20.6 Å². The van der Waals surface area contributed by atoms with Gasteiger partial charge in [0.15, 0.2) is 0 Å². The molecule has 2 heterocycles. The maximum Gasteiger partial charge on any atom is 0.326 e. The fraction of sp³-hybridized carbons (Fsp3) is 0.556. The second-order valence-electron chi connectivity index (χ2n) is 7.38. The molecule has 1 aromatic heterocycles. The van der Waals surface area contributed by atoms with Crippen LogP contribution in [0.4, 0.5) is 0 Å². The normalized spacial score (nSPS) is 18.6. The first kappa shape index (κ1) is 23.8. The van der Waals surface area contributed by atoms with Crippen molar-refractivity contribution in [2.75, 3.05) is 6.54 Å². The van der Waals surface area contributed by atoms with Crippen LogP contribution >= 0.6 is 0 Å². The molecule has 1 aliphatic heterocycles. The second-order valence-corrected chi connectivity index (χ2v) is 7.38. The van der Waals surface area contributed by atoms with Gasteiger partial charge >= 0.3 is 5.97 Å². The van der Waals surface area contributed by atoms with Crippen LogP contribution in [0.5, 0.6) is 0 Å². The van der Waals surface area contributed by atoms with Crippen LogP contribution in [0.2, 0.25) is 0 Å². The van der Waals surface area contributed by atoms with Gasteiger partial charge in [0.1, 0.15) is 18.1 Å². The Morgan fingerprint density at radius 2 is 2.00 bits per heavy atom. The molecule has 13 nitrogen and oxygen atoms in total. The number of H-pyrrole nitrogens is 1. The number of primary amides is 1.